The molecule has 0 aliphatic rings. The normalized spacial score (nSPS) is 14.4. The van der Waals surface area contributed by atoms with E-state index in [4.69, 9.17) is 5.73 Å². The van der Waals surface area contributed by atoms with Crippen molar-refractivity contribution in [2.75, 3.05) is 0 Å². The number of carbonyl (C=O) groups is 1. The molecule has 1 amide bonds. The molecule has 3 N–H and O–H groups in total. The number of rotatable bonds is 6. The summed E-state index contributed by atoms with van der Waals surface area (Å²) in [6, 6.07) is -0.333. The van der Waals surface area contributed by atoms with Crippen molar-refractivity contribution in [2.24, 2.45) is 5.73 Å². The highest BCUT2D eigenvalue weighted by Crippen LogP contribution is 1.96. The topological polar surface area (TPSA) is 72.9 Å². The van der Waals surface area contributed by atoms with Gasteiger partial charge in [0.15, 0.2) is 0 Å². The summed E-state index contributed by atoms with van der Waals surface area (Å²) in [7, 11) is 0. The molecule has 0 saturated carbocycles. The van der Waals surface area contributed by atoms with E-state index in [2.05, 4.69) is 10.3 Å². The van der Waals surface area contributed by atoms with Crippen LogP contribution in [0, 0.1) is 0 Å². The summed E-state index contributed by atoms with van der Waals surface area (Å²) in [6.45, 7) is 4.68. The van der Waals surface area contributed by atoms with E-state index >= 15 is 0 Å². The van der Waals surface area contributed by atoms with Gasteiger partial charge in [0.05, 0.1) is 12.4 Å². The number of nitrogens with zero attached hydrogens (tertiary/aromatic N) is 2. The predicted octanol–water partition coefficient (Wildman–Crippen LogP) is 0.515. The van der Waals surface area contributed by atoms with Crippen molar-refractivity contribution in [1.29, 1.82) is 0 Å². The molecule has 0 aromatic carbocycles. The first-order valence-electron chi connectivity index (χ1n) is 5.65. The number of amides is 1. The zero-order valence-electron chi connectivity index (χ0n) is 9.89. The molecule has 1 aromatic rings. The maximum absolute atomic E-state index is 11.6. The largest absolute Gasteiger partial charge is 0.351 e. The van der Waals surface area contributed by atoms with Crippen LogP contribution in [0.15, 0.2) is 18.7 Å². The van der Waals surface area contributed by atoms with Crippen molar-refractivity contribution >= 4 is 5.91 Å². The third-order valence-electron chi connectivity index (χ3n) is 2.37. The van der Waals surface area contributed by atoms with Gasteiger partial charge >= 0.3 is 0 Å². The van der Waals surface area contributed by atoms with E-state index in [0.717, 1.165) is 12.8 Å². The number of aromatic nitrogens is 2. The van der Waals surface area contributed by atoms with Gasteiger partial charge in [0.1, 0.15) is 0 Å². The Morgan fingerprint density at radius 1 is 1.62 bits per heavy atom. The quantitative estimate of drug-likeness (QED) is 0.739. The Bertz CT molecular complexity index is 310. The van der Waals surface area contributed by atoms with Gasteiger partial charge in [-0.2, -0.15) is 0 Å². The minimum Gasteiger partial charge on any atom is -0.351 e. The minimum atomic E-state index is -0.393. The van der Waals surface area contributed by atoms with E-state index < -0.39 is 6.04 Å². The lowest BCUT2D eigenvalue weighted by Gasteiger charge is -2.17. The first kappa shape index (κ1) is 12.7. The highest BCUT2D eigenvalue weighted by molar-refractivity contribution is 5.81. The Labute approximate surface area is 96.0 Å². The summed E-state index contributed by atoms with van der Waals surface area (Å²) in [6.07, 6.45) is 6.97. The van der Waals surface area contributed by atoms with Crippen molar-refractivity contribution in [3.8, 4) is 0 Å². The molecule has 1 aromatic heterocycles. The van der Waals surface area contributed by atoms with Gasteiger partial charge < -0.3 is 15.6 Å². The fourth-order valence-corrected chi connectivity index (χ4v) is 1.55. The monoisotopic (exact) mass is 224 g/mol. The molecule has 0 radical (unpaired) electrons. The lowest BCUT2D eigenvalue weighted by Crippen LogP contribution is -2.45. The van der Waals surface area contributed by atoms with Crippen LogP contribution >= 0.6 is 0 Å². The summed E-state index contributed by atoms with van der Waals surface area (Å²) < 4.78 is 1.93. The van der Waals surface area contributed by atoms with E-state index in [9.17, 15) is 4.79 Å². The number of imidazole rings is 1. The second-order valence-corrected chi connectivity index (χ2v) is 4.06. The standard InChI is InChI=1S/C11H20N4O/c1-3-4-10(12)11(16)14-9(2)7-15-6-5-13-8-15/h5-6,8-10H,3-4,7,12H2,1-2H3,(H,14,16)/t9?,10-/m1/s1. The molecule has 1 unspecified atom stereocenters. The van der Waals surface area contributed by atoms with Gasteiger partial charge in [-0.15, -0.1) is 0 Å². The molecule has 5 nitrogen and oxygen atoms in total. The van der Waals surface area contributed by atoms with Crippen LogP contribution in [0.3, 0.4) is 0 Å². The van der Waals surface area contributed by atoms with Gasteiger partial charge in [0.2, 0.25) is 5.91 Å². The zero-order chi connectivity index (χ0) is 12.0. The van der Waals surface area contributed by atoms with Crippen LogP contribution in [-0.4, -0.2) is 27.5 Å². The maximum Gasteiger partial charge on any atom is 0.237 e. The van der Waals surface area contributed by atoms with E-state index in [0.29, 0.717) is 6.54 Å². The summed E-state index contributed by atoms with van der Waals surface area (Å²) in [5, 5.41) is 2.89. The highest BCUT2D eigenvalue weighted by Gasteiger charge is 2.14. The second-order valence-electron chi connectivity index (χ2n) is 4.06. The first-order chi connectivity index (χ1) is 7.63. The number of hydrogen-bond acceptors (Lipinski definition) is 3. The Kier molecular flexibility index (Phi) is 4.98. The summed E-state index contributed by atoms with van der Waals surface area (Å²) in [5.74, 6) is -0.0746. The molecule has 0 saturated heterocycles. The molecule has 2 atom stereocenters. The summed E-state index contributed by atoms with van der Waals surface area (Å²) in [4.78, 5) is 15.6. The van der Waals surface area contributed by atoms with E-state index in [1.165, 1.54) is 0 Å². The van der Waals surface area contributed by atoms with Crippen LogP contribution in [0.1, 0.15) is 26.7 Å². The first-order valence-corrected chi connectivity index (χ1v) is 5.65. The van der Waals surface area contributed by atoms with E-state index in [1.807, 2.05) is 24.6 Å². The van der Waals surface area contributed by atoms with Crippen LogP contribution in [0.25, 0.3) is 0 Å². The molecule has 1 heterocycles. The number of nitrogens with one attached hydrogen (secondary N) is 1. The van der Waals surface area contributed by atoms with Crippen LogP contribution in [-0.2, 0) is 11.3 Å². The van der Waals surface area contributed by atoms with E-state index in [-0.39, 0.29) is 11.9 Å². The fourth-order valence-electron chi connectivity index (χ4n) is 1.55. The van der Waals surface area contributed by atoms with Crippen LogP contribution < -0.4 is 11.1 Å². The zero-order valence-corrected chi connectivity index (χ0v) is 9.89. The van der Waals surface area contributed by atoms with Gasteiger partial charge in [0.25, 0.3) is 0 Å². The molecule has 0 spiro atoms. The highest BCUT2D eigenvalue weighted by atomic mass is 16.2. The second kappa shape index (κ2) is 6.27. The SMILES string of the molecule is CCC[C@@H](N)C(=O)NC(C)Cn1ccnc1. The third kappa shape index (κ3) is 4.02. The molecule has 90 valence electrons. The Morgan fingerprint density at radius 3 is 2.94 bits per heavy atom. The fraction of sp³-hybridized carbons (Fsp3) is 0.636. The molecule has 0 bridgehead atoms. The molecule has 5 heteroatoms. The van der Waals surface area contributed by atoms with Crippen molar-refractivity contribution in [1.82, 2.24) is 14.9 Å². The van der Waals surface area contributed by atoms with Crippen LogP contribution in [0.2, 0.25) is 0 Å². The molecule has 0 fully saturated rings. The van der Waals surface area contributed by atoms with Crippen molar-refractivity contribution in [3.63, 3.8) is 0 Å². The Morgan fingerprint density at radius 2 is 2.38 bits per heavy atom. The minimum absolute atomic E-state index is 0.0598. The lowest BCUT2D eigenvalue weighted by atomic mass is 10.1. The molecular formula is C11H20N4O. The van der Waals surface area contributed by atoms with Gasteiger partial charge in [0, 0.05) is 25.0 Å². The molecule has 0 aliphatic carbocycles. The smallest absolute Gasteiger partial charge is 0.237 e. The predicted molar refractivity (Wildman–Crippen MR) is 62.7 cm³/mol. The maximum atomic E-state index is 11.6. The van der Waals surface area contributed by atoms with Crippen molar-refractivity contribution in [3.05, 3.63) is 18.7 Å². The van der Waals surface area contributed by atoms with Gasteiger partial charge in [-0.25, -0.2) is 4.98 Å². The van der Waals surface area contributed by atoms with Gasteiger partial charge in [-0.1, -0.05) is 13.3 Å². The number of nitrogens with two attached hydrogens (primary N) is 1. The van der Waals surface area contributed by atoms with Gasteiger partial charge in [-0.3, -0.25) is 4.79 Å². The average Bonchev–Trinajstić information content (AvgIpc) is 2.70. The molecular weight excluding hydrogens is 204 g/mol. The van der Waals surface area contributed by atoms with Crippen LogP contribution in [0.4, 0.5) is 0 Å². The third-order valence-corrected chi connectivity index (χ3v) is 2.37. The van der Waals surface area contributed by atoms with Crippen LogP contribution in [0.5, 0.6) is 0 Å². The molecule has 1 rings (SSSR count). The number of carbonyl (C=O) groups excluding carboxylic acids is 1. The molecule has 16 heavy (non-hydrogen) atoms. The average molecular weight is 224 g/mol. The summed E-state index contributed by atoms with van der Waals surface area (Å²) >= 11 is 0. The Hall–Kier alpha value is -1.36. The van der Waals surface area contributed by atoms with Crippen molar-refractivity contribution < 1.29 is 4.79 Å². The van der Waals surface area contributed by atoms with E-state index in [1.54, 1.807) is 12.5 Å². The Balaban J connectivity index is 2.33. The number of hydrogen-bond donors (Lipinski definition) is 2. The summed E-state index contributed by atoms with van der Waals surface area (Å²) in [5.41, 5.74) is 5.72. The lowest BCUT2D eigenvalue weighted by molar-refractivity contribution is -0.123. The van der Waals surface area contributed by atoms with Crippen molar-refractivity contribution in [2.45, 2.75) is 45.3 Å². The van der Waals surface area contributed by atoms with Gasteiger partial charge in [-0.05, 0) is 13.3 Å². The molecule has 0 aliphatic heterocycles.